The molecule has 3 aliphatic rings. The van der Waals surface area contributed by atoms with Crippen LogP contribution in [0.3, 0.4) is 0 Å². The van der Waals surface area contributed by atoms with E-state index in [9.17, 15) is 5.11 Å². The van der Waals surface area contributed by atoms with E-state index in [1.54, 1.807) is 18.2 Å². The number of aromatic nitrogens is 2. The Kier molecular flexibility index (Phi) is 7.09. The minimum atomic E-state index is -0.541. The predicted molar refractivity (Wildman–Crippen MR) is 162 cm³/mol. The molecule has 2 N–H and O–H groups in total. The molecule has 0 amide bonds. The number of piperazine rings is 1. The summed E-state index contributed by atoms with van der Waals surface area (Å²) in [7, 11) is 0. The molecule has 0 spiro atoms. The van der Waals surface area contributed by atoms with Crippen molar-refractivity contribution in [1.82, 2.24) is 20.2 Å². The summed E-state index contributed by atoms with van der Waals surface area (Å²) in [6, 6.07) is 14.1. The van der Waals surface area contributed by atoms with E-state index < -0.39 is 5.82 Å². The van der Waals surface area contributed by atoms with E-state index >= 15 is 4.39 Å². The highest BCUT2D eigenvalue weighted by Gasteiger charge is 2.34. The lowest BCUT2D eigenvalue weighted by Gasteiger charge is -2.34. The van der Waals surface area contributed by atoms with E-state index in [1.807, 2.05) is 24.3 Å². The quantitative estimate of drug-likeness (QED) is 0.256. The number of anilines is 1. The van der Waals surface area contributed by atoms with Gasteiger partial charge in [0.2, 0.25) is 0 Å². The first kappa shape index (κ1) is 26.7. The highest BCUT2D eigenvalue weighted by atomic mass is 35.5. The normalized spacial score (nSPS) is 22.7. The third-order valence-corrected chi connectivity index (χ3v) is 9.28. The van der Waals surface area contributed by atoms with Gasteiger partial charge in [-0.25, -0.2) is 4.39 Å². The van der Waals surface area contributed by atoms with Crippen LogP contribution in [-0.2, 0) is 0 Å². The number of hydrogen-bond donors (Lipinski definition) is 2. The molecule has 4 heterocycles. The summed E-state index contributed by atoms with van der Waals surface area (Å²) >= 11 is 6.85. The fourth-order valence-electron chi connectivity index (χ4n) is 6.94. The highest BCUT2D eigenvalue weighted by Crippen LogP contribution is 2.42. The fourth-order valence-corrected chi connectivity index (χ4v) is 7.23. The first-order chi connectivity index (χ1) is 19.9. The standard InChI is InChI=1S/C32H35ClFN5O2/c1-19-6-4-11-38(19)12-5-13-41-32-36-30-26(31(37-32)39-17-21-9-10-22(18-39)35-21)16-27(33)28(29(30)34)25-15-23(40)14-20-7-2-3-8-24(20)25/h2-3,7-8,14-16,19,21-22,35,40H,4-6,9-13,17-18H2,1H3/t19-,21?,22?/m1/s1. The van der Waals surface area contributed by atoms with Gasteiger partial charge in [-0.15, -0.1) is 0 Å². The van der Waals surface area contributed by atoms with Crippen molar-refractivity contribution in [3.63, 3.8) is 0 Å². The minimum absolute atomic E-state index is 0.0466. The fraction of sp³-hybridized carbons (Fsp3) is 0.438. The van der Waals surface area contributed by atoms with Crippen LogP contribution in [0.1, 0.15) is 39.0 Å². The van der Waals surface area contributed by atoms with Gasteiger partial charge in [0.1, 0.15) is 17.1 Å². The number of fused-ring (bicyclic) bond motifs is 4. The molecule has 0 aliphatic carbocycles. The van der Waals surface area contributed by atoms with Crippen LogP contribution in [0.25, 0.3) is 32.8 Å². The molecule has 3 fully saturated rings. The van der Waals surface area contributed by atoms with Crippen molar-refractivity contribution in [3.05, 3.63) is 53.3 Å². The van der Waals surface area contributed by atoms with Crippen molar-refractivity contribution in [2.24, 2.45) is 0 Å². The number of benzene rings is 3. The van der Waals surface area contributed by atoms with Crippen molar-refractivity contribution in [1.29, 1.82) is 0 Å². The molecule has 3 atom stereocenters. The molecule has 3 aromatic carbocycles. The van der Waals surface area contributed by atoms with E-state index in [1.165, 1.54) is 12.8 Å². The number of hydrogen-bond acceptors (Lipinski definition) is 7. The SMILES string of the molecule is C[C@@H]1CCCN1CCCOc1nc(N2CC3CCC(C2)N3)c2cc(Cl)c(-c3cc(O)cc4ccccc34)c(F)c2n1. The minimum Gasteiger partial charge on any atom is -0.508 e. The first-order valence-corrected chi connectivity index (χ1v) is 15.1. The molecule has 7 rings (SSSR count). The molecule has 2 unspecified atom stereocenters. The Balaban J connectivity index is 1.30. The van der Waals surface area contributed by atoms with Crippen molar-refractivity contribution in [2.75, 3.05) is 37.7 Å². The molecule has 1 aromatic heterocycles. The van der Waals surface area contributed by atoms with Crippen LogP contribution in [0.2, 0.25) is 5.02 Å². The van der Waals surface area contributed by atoms with Gasteiger partial charge >= 0.3 is 6.01 Å². The maximum Gasteiger partial charge on any atom is 0.319 e. The monoisotopic (exact) mass is 575 g/mol. The van der Waals surface area contributed by atoms with Crippen molar-refractivity contribution in [3.8, 4) is 22.9 Å². The molecule has 4 aromatic rings. The average Bonchev–Trinajstić information content (AvgIpc) is 3.53. The number of ether oxygens (including phenoxy) is 1. The van der Waals surface area contributed by atoms with Crippen LogP contribution in [0.5, 0.6) is 11.8 Å². The van der Waals surface area contributed by atoms with Gasteiger partial charge in [-0.05, 0) is 80.1 Å². The Labute approximate surface area is 244 Å². The summed E-state index contributed by atoms with van der Waals surface area (Å²) < 4.78 is 22.8. The van der Waals surface area contributed by atoms with Gasteiger partial charge in [-0.2, -0.15) is 9.97 Å². The Bertz CT molecular complexity index is 1600. The lowest BCUT2D eigenvalue weighted by molar-refractivity contribution is 0.223. The number of phenols is 1. The molecule has 0 saturated carbocycles. The maximum atomic E-state index is 16.7. The summed E-state index contributed by atoms with van der Waals surface area (Å²) in [5.74, 6) is 0.163. The van der Waals surface area contributed by atoms with Crippen LogP contribution in [0, 0.1) is 5.82 Å². The van der Waals surface area contributed by atoms with Gasteiger partial charge in [0, 0.05) is 48.7 Å². The van der Waals surface area contributed by atoms with Crippen molar-refractivity contribution < 1.29 is 14.2 Å². The molecule has 2 bridgehead atoms. The molecule has 3 aliphatic heterocycles. The zero-order chi connectivity index (χ0) is 28.1. The van der Waals surface area contributed by atoms with Gasteiger partial charge < -0.3 is 25.0 Å². The topological polar surface area (TPSA) is 73.8 Å². The molecule has 7 nitrogen and oxygen atoms in total. The average molecular weight is 576 g/mol. The zero-order valence-electron chi connectivity index (χ0n) is 23.2. The van der Waals surface area contributed by atoms with Crippen LogP contribution in [0.15, 0.2) is 42.5 Å². The Morgan fingerprint density at radius 3 is 2.66 bits per heavy atom. The summed E-state index contributed by atoms with van der Waals surface area (Å²) in [6.45, 7) is 6.39. The largest absolute Gasteiger partial charge is 0.508 e. The van der Waals surface area contributed by atoms with E-state index in [0.717, 1.165) is 56.2 Å². The molecular weight excluding hydrogens is 541 g/mol. The second-order valence-electron chi connectivity index (χ2n) is 11.8. The molecule has 3 saturated heterocycles. The molecule has 41 heavy (non-hydrogen) atoms. The van der Waals surface area contributed by atoms with Gasteiger partial charge in [-0.1, -0.05) is 35.9 Å². The Morgan fingerprint density at radius 1 is 1.07 bits per heavy atom. The van der Waals surface area contributed by atoms with E-state index in [4.69, 9.17) is 21.3 Å². The maximum absolute atomic E-state index is 16.7. The summed E-state index contributed by atoms with van der Waals surface area (Å²) in [5.41, 5.74) is 0.911. The van der Waals surface area contributed by atoms with Gasteiger partial charge in [0.15, 0.2) is 5.82 Å². The Morgan fingerprint density at radius 2 is 1.88 bits per heavy atom. The summed E-state index contributed by atoms with van der Waals surface area (Å²) in [5, 5.41) is 16.5. The van der Waals surface area contributed by atoms with E-state index in [2.05, 4.69) is 27.0 Å². The third-order valence-electron chi connectivity index (χ3n) is 8.99. The zero-order valence-corrected chi connectivity index (χ0v) is 24.0. The van der Waals surface area contributed by atoms with Crippen molar-refractivity contribution in [2.45, 2.75) is 57.2 Å². The number of likely N-dealkylation sites (tertiary alicyclic amines) is 1. The Hall–Kier alpha value is -3.20. The smallest absolute Gasteiger partial charge is 0.319 e. The van der Waals surface area contributed by atoms with Gasteiger partial charge in [0.25, 0.3) is 0 Å². The highest BCUT2D eigenvalue weighted by molar-refractivity contribution is 6.35. The van der Waals surface area contributed by atoms with E-state index in [0.29, 0.717) is 41.5 Å². The van der Waals surface area contributed by atoms with Crippen LogP contribution >= 0.6 is 11.6 Å². The predicted octanol–water partition coefficient (Wildman–Crippen LogP) is 6.14. The summed E-state index contributed by atoms with van der Waals surface area (Å²) in [4.78, 5) is 14.2. The molecule has 0 radical (unpaired) electrons. The number of phenolic OH excluding ortho intramolecular Hbond substituents is 1. The van der Waals surface area contributed by atoms with Crippen molar-refractivity contribution >= 4 is 39.1 Å². The number of nitrogens with zero attached hydrogens (tertiary/aromatic N) is 4. The number of nitrogens with one attached hydrogen (secondary N) is 1. The van der Waals surface area contributed by atoms with Gasteiger partial charge in [-0.3, -0.25) is 0 Å². The lowest BCUT2D eigenvalue weighted by atomic mass is 9.96. The molecular formula is C32H35ClFN5O2. The summed E-state index contributed by atoms with van der Waals surface area (Å²) in [6.07, 6.45) is 5.56. The second-order valence-corrected chi connectivity index (χ2v) is 12.2. The van der Waals surface area contributed by atoms with Gasteiger partial charge in [0.05, 0.1) is 11.6 Å². The second kappa shape index (κ2) is 10.9. The number of rotatable bonds is 7. The third kappa shape index (κ3) is 5.07. The van der Waals surface area contributed by atoms with E-state index in [-0.39, 0.29) is 27.9 Å². The first-order valence-electron chi connectivity index (χ1n) is 14.7. The number of aromatic hydroxyl groups is 1. The number of halogens is 2. The van der Waals surface area contributed by atoms with Crippen LogP contribution in [0.4, 0.5) is 10.2 Å². The van der Waals surface area contributed by atoms with Crippen LogP contribution < -0.4 is 15.0 Å². The van der Waals surface area contributed by atoms with Crippen LogP contribution in [-0.4, -0.2) is 70.9 Å². The molecule has 214 valence electrons. The lowest BCUT2D eigenvalue weighted by Crippen LogP contribution is -2.51. The molecule has 9 heteroatoms.